The Morgan fingerprint density at radius 1 is 0.571 bits per heavy atom. The van der Waals surface area contributed by atoms with Crippen LogP contribution in [0.3, 0.4) is 0 Å². The second-order valence-electron chi connectivity index (χ2n) is 11.8. The van der Waals surface area contributed by atoms with Gasteiger partial charge in [0.15, 0.2) is 5.82 Å². The highest BCUT2D eigenvalue weighted by Gasteiger charge is 2.41. The normalized spacial score (nSPS) is 13.7. The molecule has 0 amide bonds. The summed E-state index contributed by atoms with van der Waals surface area (Å²) in [5.74, 6) is 1.65. The third-order valence-corrected chi connectivity index (χ3v) is 9.15. The minimum absolute atomic E-state index is 0.169. The molecule has 3 nitrogen and oxygen atoms in total. The van der Waals surface area contributed by atoms with Crippen LogP contribution in [0.15, 0.2) is 127 Å². The van der Waals surface area contributed by atoms with Crippen LogP contribution < -0.4 is 0 Å². The summed E-state index contributed by atoms with van der Waals surface area (Å²) in [5.41, 5.74) is 8.20. The van der Waals surface area contributed by atoms with Gasteiger partial charge >= 0.3 is 0 Å². The Morgan fingerprint density at radius 3 is 2.07 bits per heavy atom. The van der Waals surface area contributed by atoms with Crippen LogP contribution >= 0.6 is 0 Å². The number of benzene rings is 6. The summed E-state index contributed by atoms with van der Waals surface area (Å²) in [4.78, 5) is 10.6. The van der Waals surface area contributed by atoms with Gasteiger partial charge in [0.2, 0.25) is 0 Å². The molecule has 1 aliphatic carbocycles. The molecule has 0 saturated heterocycles. The average molecular weight is 538 g/mol. The Bertz CT molecular complexity index is 2380. The number of aromatic nitrogens is 3. The van der Waals surface area contributed by atoms with E-state index in [1.807, 2.05) is 6.07 Å². The summed E-state index contributed by atoms with van der Waals surface area (Å²) in [6.45, 7) is 4.73. The molecule has 0 unspecified atom stereocenters. The lowest BCUT2D eigenvalue weighted by Crippen LogP contribution is -2.14. The first kappa shape index (κ1) is 23.4. The Kier molecular flexibility index (Phi) is 4.67. The molecule has 198 valence electrons. The van der Waals surface area contributed by atoms with E-state index in [1.54, 1.807) is 0 Å². The molecule has 9 rings (SSSR count). The molecule has 2 aromatic heterocycles. The van der Waals surface area contributed by atoms with Gasteiger partial charge in [-0.1, -0.05) is 129 Å². The highest BCUT2D eigenvalue weighted by Crippen LogP contribution is 2.55. The van der Waals surface area contributed by atoms with Crippen molar-refractivity contribution >= 4 is 43.4 Å². The first-order valence-electron chi connectivity index (χ1n) is 14.5. The second kappa shape index (κ2) is 8.37. The van der Waals surface area contributed by atoms with Crippen molar-refractivity contribution in [2.24, 2.45) is 0 Å². The first-order chi connectivity index (χ1) is 20.6. The maximum atomic E-state index is 5.40. The fourth-order valence-corrected chi connectivity index (χ4v) is 7.25. The molecule has 0 aliphatic heterocycles. The highest BCUT2D eigenvalue weighted by atomic mass is 15.1. The molecule has 0 fully saturated rings. The molecule has 0 radical (unpaired) electrons. The van der Waals surface area contributed by atoms with Gasteiger partial charge in [-0.2, -0.15) is 0 Å². The second-order valence-corrected chi connectivity index (χ2v) is 11.8. The minimum Gasteiger partial charge on any atom is -0.293 e. The zero-order chi connectivity index (χ0) is 28.0. The molecule has 8 aromatic rings. The molecule has 0 spiro atoms. The van der Waals surface area contributed by atoms with Crippen molar-refractivity contribution in [3.05, 3.63) is 139 Å². The van der Waals surface area contributed by atoms with Crippen LogP contribution in [-0.2, 0) is 5.41 Å². The third-order valence-electron chi connectivity index (χ3n) is 9.15. The Morgan fingerprint density at radius 2 is 1.24 bits per heavy atom. The van der Waals surface area contributed by atoms with Crippen molar-refractivity contribution in [2.45, 2.75) is 19.3 Å². The van der Waals surface area contributed by atoms with Crippen molar-refractivity contribution < 1.29 is 0 Å². The van der Waals surface area contributed by atoms with E-state index in [-0.39, 0.29) is 5.41 Å². The van der Waals surface area contributed by atoms with E-state index >= 15 is 0 Å². The minimum atomic E-state index is -0.169. The maximum Gasteiger partial charge on any atom is 0.162 e. The van der Waals surface area contributed by atoms with Gasteiger partial charge in [0.1, 0.15) is 5.82 Å². The van der Waals surface area contributed by atoms with E-state index in [0.717, 1.165) is 33.5 Å². The SMILES string of the molecule is CC1(C)c2ccccc2-c2c1c1c3ccccc3ccc1n2-c1nc(-c2ccccc2)nc2c1ccc1ccccc12. The zero-order valence-corrected chi connectivity index (χ0v) is 23.5. The van der Waals surface area contributed by atoms with E-state index in [1.165, 1.54) is 49.4 Å². The monoisotopic (exact) mass is 537 g/mol. The fourth-order valence-electron chi connectivity index (χ4n) is 7.25. The van der Waals surface area contributed by atoms with Crippen LogP contribution in [-0.4, -0.2) is 14.5 Å². The average Bonchev–Trinajstić information content (AvgIpc) is 3.51. The van der Waals surface area contributed by atoms with Crippen LogP contribution in [0.2, 0.25) is 0 Å². The predicted molar refractivity (Wildman–Crippen MR) is 174 cm³/mol. The Hall–Kier alpha value is -5.28. The highest BCUT2D eigenvalue weighted by molar-refractivity contribution is 6.15. The molecule has 1 aliphatic rings. The molecular formula is C39H27N3. The van der Waals surface area contributed by atoms with Crippen LogP contribution in [0.5, 0.6) is 0 Å². The molecule has 0 saturated carbocycles. The number of hydrogen-bond donors (Lipinski definition) is 0. The molecule has 0 bridgehead atoms. The smallest absolute Gasteiger partial charge is 0.162 e. The number of hydrogen-bond acceptors (Lipinski definition) is 2. The van der Waals surface area contributed by atoms with Gasteiger partial charge in [-0.05, 0) is 39.4 Å². The molecule has 2 heterocycles. The molecular weight excluding hydrogens is 510 g/mol. The van der Waals surface area contributed by atoms with Crippen molar-refractivity contribution in [2.75, 3.05) is 0 Å². The van der Waals surface area contributed by atoms with Gasteiger partial charge in [-0.15, -0.1) is 0 Å². The van der Waals surface area contributed by atoms with Gasteiger partial charge in [-0.25, -0.2) is 9.97 Å². The van der Waals surface area contributed by atoms with Crippen molar-refractivity contribution in [1.29, 1.82) is 0 Å². The van der Waals surface area contributed by atoms with Crippen LogP contribution in [0.1, 0.15) is 25.0 Å². The number of nitrogens with zero attached hydrogens (tertiary/aromatic N) is 3. The summed E-state index contributed by atoms with van der Waals surface area (Å²) in [6.07, 6.45) is 0. The first-order valence-corrected chi connectivity index (χ1v) is 14.5. The van der Waals surface area contributed by atoms with Gasteiger partial charge in [0, 0.05) is 32.7 Å². The summed E-state index contributed by atoms with van der Waals surface area (Å²) in [5, 5.41) is 7.18. The summed E-state index contributed by atoms with van der Waals surface area (Å²) in [6, 6.07) is 45.4. The lowest BCUT2D eigenvalue weighted by molar-refractivity contribution is 0.666. The van der Waals surface area contributed by atoms with Crippen LogP contribution in [0.4, 0.5) is 0 Å². The van der Waals surface area contributed by atoms with Crippen LogP contribution in [0.25, 0.3) is 71.8 Å². The van der Waals surface area contributed by atoms with E-state index in [2.05, 4.69) is 140 Å². The topological polar surface area (TPSA) is 30.7 Å². The largest absolute Gasteiger partial charge is 0.293 e. The van der Waals surface area contributed by atoms with Crippen LogP contribution in [0, 0.1) is 0 Å². The number of fused-ring (bicyclic) bond motifs is 10. The summed E-state index contributed by atoms with van der Waals surface area (Å²) < 4.78 is 2.43. The quantitative estimate of drug-likeness (QED) is 0.205. The van der Waals surface area contributed by atoms with Gasteiger partial charge in [0.25, 0.3) is 0 Å². The maximum absolute atomic E-state index is 5.40. The van der Waals surface area contributed by atoms with Gasteiger partial charge < -0.3 is 0 Å². The lowest BCUT2D eigenvalue weighted by Gasteiger charge is -2.21. The van der Waals surface area contributed by atoms with E-state index in [0.29, 0.717) is 0 Å². The zero-order valence-electron chi connectivity index (χ0n) is 23.5. The van der Waals surface area contributed by atoms with E-state index in [4.69, 9.17) is 9.97 Å². The standard InChI is InChI=1S/C39H27N3/c1-39(2)31-19-11-10-18-29(31)36-34(39)33-27-16-8-6-12-24(27)21-23-32(33)42(36)38-30-22-20-25-13-7-9-17-28(25)35(30)40-37(41-38)26-14-4-3-5-15-26/h3-23H,1-2H3. The molecule has 0 atom stereocenters. The molecule has 0 N–H and O–H groups in total. The predicted octanol–water partition coefficient (Wildman–Crippen LogP) is 9.85. The molecule has 6 aromatic carbocycles. The van der Waals surface area contributed by atoms with Crippen molar-refractivity contribution in [1.82, 2.24) is 14.5 Å². The van der Waals surface area contributed by atoms with E-state index in [9.17, 15) is 0 Å². The fraction of sp³-hybridized carbons (Fsp3) is 0.0769. The Labute approximate surface area is 243 Å². The lowest BCUT2D eigenvalue weighted by atomic mass is 9.81. The summed E-state index contributed by atoms with van der Waals surface area (Å²) in [7, 11) is 0. The van der Waals surface area contributed by atoms with E-state index < -0.39 is 0 Å². The van der Waals surface area contributed by atoms with Gasteiger partial charge in [-0.3, -0.25) is 4.57 Å². The van der Waals surface area contributed by atoms with Crippen molar-refractivity contribution in [3.63, 3.8) is 0 Å². The van der Waals surface area contributed by atoms with Crippen molar-refractivity contribution in [3.8, 4) is 28.5 Å². The Balaban J connectivity index is 1.52. The third kappa shape index (κ3) is 3.05. The molecule has 3 heteroatoms. The summed E-state index contributed by atoms with van der Waals surface area (Å²) >= 11 is 0. The number of rotatable bonds is 2. The molecule has 42 heavy (non-hydrogen) atoms. The van der Waals surface area contributed by atoms with Gasteiger partial charge in [0.05, 0.1) is 16.7 Å².